The first-order valence-corrected chi connectivity index (χ1v) is 5.88. The van der Waals surface area contributed by atoms with Crippen molar-refractivity contribution in [3.63, 3.8) is 0 Å². The Balaban J connectivity index is 2.32. The van der Waals surface area contributed by atoms with E-state index in [4.69, 9.17) is 5.73 Å². The van der Waals surface area contributed by atoms with Crippen molar-refractivity contribution in [3.05, 3.63) is 36.3 Å². The molecule has 19 heavy (non-hydrogen) atoms. The van der Waals surface area contributed by atoms with Crippen LogP contribution < -0.4 is 11.1 Å². The summed E-state index contributed by atoms with van der Waals surface area (Å²) in [4.78, 5) is 23.8. The number of amides is 1. The Morgan fingerprint density at radius 1 is 1.42 bits per heavy atom. The second-order valence-corrected chi connectivity index (χ2v) is 4.23. The number of nitrogens with one attached hydrogen (secondary N) is 1. The Labute approximate surface area is 111 Å². The number of hydrogen-bond donors (Lipinski definition) is 2. The van der Waals surface area contributed by atoms with Crippen molar-refractivity contribution in [2.75, 3.05) is 5.32 Å². The SMILES string of the molecule is Cc1cc(NC(C)C(N)=O)nc(-c2cccnc2)n1. The third-order valence-corrected chi connectivity index (χ3v) is 2.57. The fraction of sp³-hybridized carbons (Fsp3) is 0.231. The highest BCUT2D eigenvalue weighted by Crippen LogP contribution is 2.16. The Bertz CT molecular complexity index is 585. The normalized spacial score (nSPS) is 11.9. The lowest BCUT2D eigenvalue weighted by molar-refractivity contribution is -0.118. The van der Waals surface area contributed by atoms with E-state index in [1.165, 1.54) is 0 Å². The van der Waals surface area contributed by atoms with Crippen LogP contribution in [0.4, 0.5) is 5.82 Å². The minimum atomic E-state index is -0.490. The summed E-state index contributed by atoms with van der Waals surface area (Å²) in [7, 11) is 0. The number of aromatic nitrogens is 3. The average Bonchev–Trinajstić information content (AvgIpc) is 2.39. The third-order valence-electron chi connectivity index (χ3n) is 2.57. The van der Waals surface area contributed by atoms with Gasteiger partial charge in [0.25, 0.3) is 0 Å². The van der Waals surface area contributed by atoms with Crippen molar-refractivity contribution in [2.45, 2.75) is 19.9 Å². The minimum absolute atomic E-state index is 0.431. The first-order valence-electron chi connectivity index (χ1n) is 5.88. The molecule has 2 rings (SSSR count). The first kappa shape index (κ1) is 12.9. The number of pyridine rings is 1. The van der Waals surface area contributed by atoms with Crippen molar-refractivity contribution in [1.29, 1.82) is 0 Å². The van der Waals surface area contributed by atoms with E-state index in [9.17, 15) is 4.79 Å². The Hall–Kier alpha value is -2.50. The zero-order valence-electron chi connectivity index (χ0n) is 10.8. The van der Waals surface area contributed by atoms with Gasteiger partial charge in [0, 0.05) is 29.7 Å². The third kappa shape index (κ3) is 3.25. The molecule has 1 unspecified atom stereocenters. The molecule has 0 bridgehead atoms. The lowest BCUT2D eigenvalue weighted by Gasteiger charge is -2.12. The molecule has 2 aromatic rings. The second kappa shape index (κ2) is 5.43. The largest absolute Gasteiger partial charge is 0.368 e. The molecule has 1 atom stereocenters. The van der Waals surface area contributed by atoms with E-state index in [0.717, 1.165) is 11.3 Å². The van der Waals surface area contributed by atoms with Gasteiger partial charge in [0.15, 0.2) is 5.82 Å². The first-order chi connectivity index (χ1) is 9.06. The molecular weight excluding hydrogens is 242 g/mol. The second-order valence-electron chi connectivity index (χ2n) is 4.23. The maximum atomic E-state index is 11.0. The lowest BCUT2D eigenvalue weighted by atomic mass is 10.2. The molecule has 0 fully saturated rings. The number of nitrogens with two attached hydrogens (primary N) is 1. The summed E-state index contributed by atoms with van der Waals surface area (Å²) >= 11 is 0. The lowest BCUT2D eigenvalue weighted by Crippen LogP contribution is -2.32. The van der Waals surface area contributed by atoms with Gasteiger partial charge in [-0.15, -0.1) is 0 Å². The van der Waals surface area contributed by atoms with Gasteiger partial charge in [-0.1, -0.05) is 0 Å². The molecule has 6 heteroatoms. The van der Waals surface area contributed by atoms with Gasteiger partial charge in [0.2, 0.25) is 5.91 Å². The molecule has 3 N–H and O–H groups in total. The molecule has 0 aliphatic carbocycles. The molecule has 0 aromatic carbocycles. The van der Waals surface area contributed by atoms with Crippen LogP contribution in [-0.2, 0) is 4.79 Å². The average molecular weight is 257 g/mol. The van der Waals surface area contributed by atoms with Gasteiger partial charge >= 0.3 is 0 Å². The topological polar surface area (TPSA) is 93.8 Å². The summed E-state index contributed by atoms with van der Waals surface area (Å²) in [5, 5.41) is 2.95. The van der Waals surface area contributed by atoms with E-state index < -0.39 is 11.9 Å². The van der Waals surface area contributed by atoms with Crippen LogP contribution in [-0.4, -0.2) is 26.9 Å². The number of anilines is 1. The molecule has 0 aliphatic heterocycles. The quantitative estimate of drug-likeness (QED) is 0.856. The Morgan fingerprint density at radius 3 is 2.84 bits per heavy atom. The number of hydrogen-bond acceptors (Lipinski definition) is 5. The molecule has 2 heterocycles. The van der Waals surface area contributed by atoms with Crippen molar-refractivity contribution in [3.8, 4) is 11.4 Å². The highest BCUT2D eigenvalue weighted by molar-refractivity contribution is 5.82. The zero-order chi connectivity index (χ0) is 13.8. The Kier molecular flexibility index (Phi) is 3.70. The number of nitrogens with zero attached hydrogens (tertiary/aromatic N) is 3. The summed E-state index contributed by atoms with van der Waals surface area (Å²) in [6.07, 6.45) is 3.38. The van der Waals surface area contributed by atoms with E-state index in [-0.39, 0.29) is 0 Å². The molecule has 6 nitrogen and oxygen atoms in total. The molecule has 1 amide bonds. The number of aryl methyl sites for hydroxylation is 1. The van der Waals surface area contributed by atoms with Crippen LogP contribution in [0.3, 0.4) is 0 Å². The van der Waals surface area contributed by atoms with Crippen LogP contribution in [0.1, 0.15) is 12.6 Å². The van der Waals surface area contributed by atoms with E-state index in [2.05, 4.69) is 20.3 Å². The summed E-state index contributed by atoms with van der Waals surface area (Å²) in [5.41, 5.74) is 6.84. The van der Waals surface area contributed by atoms with Crippen molar-refractivity contribution in [1.82, 2.24) is 15.0 Å². The van der Waals surface area contributed by atoms with Crippen molar-refractivity contribution >= 4 is 11.7 Å². The summed E-state index contributed by atoms with van der Waals surface area (Å²) in [6.45, 7) is 3.55. The predicted molar refractivity (Wildman–Crippen MR) is 72.3 cm³/mol. The molecule has 0 aliphatic rings. The van der Waals surface area contributed by atoms with Crippen LogP contribution in [0.2, 0.25) is 0 Å². The number of primary amides is 1. The molecular formula is C13H15N5O. The van der Waals surface area contributed by atoms with Gasteiger partial charge in [-0.2, -0.15) is 0 Å². The van der Waals surface area contributed by atoms with Crippen molar-refractivity contribution in [2.24, 2.45) is 5.73 Å². The molecule has 0 saturated carbocycles. The standard InChI is InChI=1S/C13H15N5O/c1-8-6-11(17-9(2)12(14)19)18-13(16-8)10-4-3-5-15-7-10/h3-7,9H,1-2H3,(H2,14,19)(H,16,17,18). The van der Waals surface area contributed by atoms with Gasteiger partial charge in [0.05, 0.1) is 0 Å². The molecule has 2 aromatic heterocycles. The maximum Gasteiger partial charge on any atom is 0.239 e. The van der Waals surface area contributed by atoms with Crippen LogP contribution in [0.5, 0.6) is 0 Å². The predicted octanol–water partition coefficient (Wildman–Crippen LogP) is 1.13. The molecule has 98 valence electrons. The van der Waals surface area contributed by atoms with E-state index in [1.807, 2.05) is 19.1 Å². The van der Waals surface area contributed by atoms with Gasteiger partial charge in [0.1, 0.15) is 11.9 Å². The highest BCUT2D eigenvalue weighted by atomic mass is 16.1. The van der Waals surface area contributed by atoms with Crippen LogP contribution in [0.15, 0.2) is 30.6 Å². The maximum absolute atomic E-state index is 11.0. The van der Waals surface area contributed by atoms with Crippen LogP contribution in [0, 0.1) is 6.92 Å². The summed E-state index contributed by atoms with van der Waals surface area (Å²) < 4.78 is 0. The fourth-order valence-corrected chi connectivity index (χ4v) is 1.56. The monoisotopic (exact) mass is 257 g/mol. The smallest absolute Gasteiger partial charge is 0.239 e. The number of carbonyl (C=O) groups excluding carboxylic acids is 1. The minimum Gasteiger partial charge on any atom is -0.368 e. The fourth-order valence-electron chi connectivity index (χ4n) is 1.56. The van der Waals surface area contributed by atoms with Gasteiger partial charge < -0.3 is 11.1 Å². The molecule has 0 spiro atoms. The molecule has 0 saturated heterocycles. The van der Waals surface area contributed by atoms with Crippen LogP contribution >= 0.6 is 0 Å². The van der Waals surface area contributed by atoms with E-state index in [0.29, 0.717) is 11.6 Å². The molecule has 0 radical (unpaired) electrons. The highest BCUT2D eigenvalue weighted by Gasteiger charge is 2.11. The number of rotatable bonds is 4. The van der Waals surface area contributed by atoms with E-state index >= 15 is 0 Å². The van der Waals surface area contributed by atoms with E-state index in [1.54, 1.807) is 25.4 Å². The van der Waals surface area contributed by atoms with Gasteiger partial charge in [-0.3, -0.25) is 9.78 Å². The zero-order valence-corrected chi connectivity index (χ0v) is 10.8. The Morgan fingerprint density at radius 2 is 2.21 bits per heavy atom. The summed E-state index contributed by atoms with van der Waals surface area (Å²) in [6, 6.07) is 4.97. The van der Waals surface area contributed by atoms with Gasteiger partial charge in [-0.05, 0) is 26.0 Å². The van der Waals surface area contributed by atoms with Crippen molar-refractivity contribution < 1.29 is 4.79 Å². The summed E-state index contributed by atoms with van der Waals surface area (Å²) in [5.74, 6) is 0.698. The van der Waals surface area contributed by atoms with Crippen LogP contribution in [0.25, 0.3) is 11.4 Å². The van der Waals surface area contributed by atoms with Gasteiger partial charge in [-0.25, -0.2) is 9.97 Å². The number of carbonyl (C=O) groups is 1.